The third-order valence-corrected chi connectivity index (χ3v) is 2.58. The molecule has 0 aliphatic rings. The number of halogens is 3. The van der Waals surface area contributed by atoms with Crippen molar-refractivity contribution in [1.29, 1.82) is 0 Å². The highest BCUT2D eigenvalue weighted by atomic mass is 19.1. The fourth-order valence-electron chi connectivity index (χ4n) is 1.75. The maximum Gasteiger partial charge on any atom is 0.191 e. The van der Waals surface area contributed by atoms with Crippen molar-refractivity contribution in [1.82, 2.24) is 10.3 Å². The molecule has 1 heterocycles. The predicted octanol–water partition coefficient (Wildman–Crippen LogP) is 2.80. The summed E-state index contributed by atoms with van der Waals surface area (Å²) < 4.78 is 45.4. The van der Waals surface area contributed by atoms with Gasteiger partial charge in [-0.3, -0.25) is 4.98 Å². The summed E-state index contributed by atoms with van der Waals surface area (Å²) in [5.41, 5.74) is 0.866. The molecule has 0 saturated carbocycles. The Bertz CT molecular complexity index is 582. The lowest BCUT2D eigenvalue weighted by Gasteiger charge is -2.10. The van der Waals surface area contributed by atoms with Gasteiger partial charge in [-0.2, -0.15) is 0 Å². The van der Waals surface area contributed by atoms with E-state index in [0.29, 0.717) is 17.7 Å². The number of hydrogen-bond acceptors (Lipinski definition) is 3. The van der Waals surface area contributed by atoms with Crippen LogP contribution in [0.25, 0.3) is 0 Å². The molecule has 0 atom stereocenters. The molecule has 1 aromatic heterocycles. The van der Waals surface area contributed by atoms with Crippen LogP contribution in [-0.2, 0) is 13.2 Å². The highest BCUT2D eigenvalue weighted by molar-refractivity contribution is 5.31. The second-order valence-corrected chi connectivity index (χ2v) is 4.22. The highest BCUT2D eigenvalue weighted by Crippen LogP contribution is 2.24. The lowest BCUT2D eigenvalue weighted by atomic mass is 10.2. The summed E-state index contributed by atoms with van der Waals surface area (Å²) in [6.07, 6.45) is 2.41. The van der Waals surface area contributed by atoms with E-state index in [1.54, 1.807) is 7.05 Å². The second-order valence-electron chi connectivity index (χ2n) is 4.22. The van der Waals surface area contributed by atoms with Gasteiger partial charge in [0.05, 0.1) is 6.20 Å². The standard InChI is InChI=1S/C14H13F3N2O/c1-18-5-9-3-12(16)14(13(17)4-9)20-8-10-2-11(15)7-19-6-10/h2-4,6-7,18H,5,8H2,1H3. The molecule has 0 amide bonds. The minimum Gasteiger partial charge on any atom is -0.483 e. The molecule has 20 heavy (non-hydrogen) atoms. The van der Waals surface area contributed by atoms with E-state index < -0.39 is 23.2 Å². The Hall–Kier alpha value is -2.08. The average molecular weight is 282 g/mol. The van der Waals surface area contributed by atoms with E-state index in [4.69, 9.17) is 4.74 Å². The zero-order chi connectivity index (χ0) is 14.5. The molecule has 3 nitrogen and oxygen atoms in total. The molecular weight excluding hydrogens is 269 g/mol. The van der Waals surface area contributed by atoms with Crippen molar-refractivity contribution in [3.63, 3.8) is 0 Å². The number of hydrogen-bond donors (Lipinski definition) is 1. The van der Waals surface area contributed by atoms with Crippen LogP contribution in [0.4, 0.5) is 13.2 Å². The van der Waals surface area contributed by atoms with E-state index in [-0.39, 0.29) is 6.61 Å². The van der Waals surface area contributed by atoms with Crippen LogP contribution in [0.2, 0.25) is 0 Å². The monoisotopic (exact) mass is 282 g/mol. The van der Waals surface area contributed by atoms with Crippen LogP contribution in [0.5, 0.6) is 5.75 Å². The Morgan fingerprint density at radius 3 is 2.35 bits per heavy atom. The van der Waals surface area contributed by atoms with Crippen LogP contribution in [0.1, 0.15) is 11.1 Å². The van der Waals surface area contributed by atoms with Crippen molar-refractivity contribution in [3.8, 4) is 5.75 Å². The van der Waals surface area contributed by atoms with Crippen molar-refractivity contribution >= 4 is 0 Å². The van der Waals surface area contributed by atoms with Gasteiger partial charge in [0, 0.05) is 18.3 Å². The molecule has 2 rings (SSSR count). The van der Waals surface area contributed by atoms with Crippen LogP contribution >= 0.6 is 0 Å². The first kappa shape index (κ1) is 14.3. The average Bonchev–Trinajstić information content (AvgIpc) is 2.38. The summed E-state index contributed by atoms with van der Waals surface area (Å²) in [5, 5.41) is 2.80. The molecule has 1 aromatic carbocycles. The van der Waals surface area contributed by atoms with Crippen molar-refractivity contribution < 1.29 is 17.9 Å². The molecule has 0 aliphatic carbocycles. The first-order valence-corrected chi connectivity index (χ1v) is 5.95. The van der Waals surface area contributed by atoms with Gasteiger partial charge >= 0.3 is 0 Å². The van der Waals surface area contributed by atoms with E-state index in [1.165, 1.54) is 24.4 Å². The molecule has 6 heteroatoms. The lowest BCUT2D eigenvalue weighted by molar-refractivity contribution is 0.273. The van der Waals surface area contributed by atoms with Crippen LogP contribution < -0.4 is 10.1 Å². The summed E-state index contributed by atoms with van der Waals surface area (Å²) in [7, 11) is 1.68. The summed E-state index contributed by atoms with van der Waals surface area (Å²) in [5.74, 6) is -2.59. The van der Waals surface area contributed by atoms with Gasteiger partial charge in [0.2, 0.25) is 0 Å². The van der Waals surface area contributed by atoms with E-state index in [0.717, 1.165) is 6.20 Å². The predicted molar refractivity (Wildman–Crippen MR) is 67.6 cm³/mol. The minimum absolute atomic E-state index is 0.163. The third-order valence-electron chi connectivity index (χ3n) is 2.58. The molecule has 2 aromatic rings. The highest BCUT2D eigenvalue weighted by Gasteiger charge is 2.13. The number of rotatable bonds is 5. The van der Waals surface area contributed by atoms with E-state index >= 15 is 0 Å². The molecule has 0 radical (unpaired) electrons. The molecule has 1 N–H and O–H groups in total. The van der Waals surface area contributed by atoms with Crippen LogP contribution in [-0.4, -0.2) is 12.0 Å². The van der Waals surface area contributed by atoms with Crippen molar-refractivity contribution in [3.05, 3.63) is 59.2 Å². The van der Waals surface area contributed by atoms with Gasteiger partial charge in [-0.05, 0) is 30.8 Å². The smallest absolute Gasteiger partial charge is 0.191 e. The summed E-state index contributed by atoms with van der Waals surface area (Å²) in [4.78, 5) is 3.63. The quantitative estimate of drug-likeness (QED) is 0.915. The maximum atomic E-state index is 13.7. The fourth-order valence-corrected chi connectivity index (χ4v) is 1.75. The van der Waals surface area contributed by atoms with Crippen molar-refractivity contribution in [2.75, 3.05) is 7.05 Å². The van der Waals surface area contributed by atoms with Gasteiger partial charge in [-0.1, -0.05) is 0 Å². The first-order chi connectivity index (χ1) is 9.60. The van der Waals surface area contributed by atoms with Gasteiger partial charge in [-0.25, -0.2) is 13.2 Å². The van der Waals surface area contributed by atoms with Gasteiger partial charge < -0.3 is 10.1 Å². The SMILES string of the molecule is CNCc1cc(F)c(OCc2cncc(F)c2)c(F)c1. The Kier molecular flexibility index (Phi) is 4.57. The van der Waals surface area contributed by atoms with Crippen molar-refractivity contribution in [2.24, 2.45) is 0 Å². The van der Waals surface area contributed by atoms with E-state index in [2.05, 4.69) is 10.3 Å². The Morgan fingerprint density at radius 2 is 1.75 bits per heavy atom. The fraction of sp³-hybridized carbons (Fsp3) is 0.214. The number of aromatic nitrogens is 1. The topological polar surface area (TPSA) is 34.1 Å². The normalized spacial score (nSPS) is 10.6. The minimum atomic E-state index is -0.792. The molecule has 0 spiro atoms. The molecule has 0 bridgehead atoms. The third kappa shape index (κ3) is 3.48. The summed E-state index contributed by atoms with van der Waals surface area (Å²) >= 11 is 0. The molecular formula is C14H13F3N2O. The van der Waals surface area contributed by atoms with Crippen molar-refractivity contribution in [2.45, 2.75) is 13.2 Å². The lowest BCUT2D eigenvalue weighted by Crippen LogP contribution is -2.07. The molecule has 0 aliphatic heterocycles. The molecule has 106 valence electrons. The van der Waals surface area contributed by atoms with Gasteiger partial charge in [0.15, 0.2) is 17.4 Å². The Balaban J connectivity index is 2.13. The Labute approximate surface area is 114 Å². The number of pyridine rings is 1. The van der Waals surface area contributed by atoms with Gasteiger partial charge in [0.1, 0.15) is 12.4 Å². The number of nitrogens with zero attached hydrogens (tertiary/aromatic N) is 1. The van der Waals surface area contributed by atoms with E-state index in [1.807, 2.05) is 0 Å². The zero-order valence-electron chi connectivity index (χ0n) is 10.8. The van der Waals surface area contributed by atoms with Crippen LogP contribution in [0, 0.1) is 17.5 Å². The number of ether oxygens (including phenoxy) is 1. The van der Waals surface area contributed by atoms with Crippen LogP contribution in [0.3, 0.4) is 0 Å². The largest absolute Gasteiger partial charge is 0.483 e. The number of benzene rings is 1. The zero-order valence-corrected chi connectivity index (χ0v) is 10.8. The Morgan fingerprint density at radius 1 is 1.05 bits per heavy atom. The van der Waals surface area contributed by atoms with Gasteiger partial charge in [-0.15, -0.1) is 0 Å². The van der Waals surface area contributed by atoms with Gasteiger partial charge in [0.25, 0.3) is 0 Å². The maximum absolute atomic E-state index is 13.7. The molecule has 0 saturated heterocycles. The molecule has 0 fully saturated rings. The van der Waals surface area contributed by atoms with E-state index in [9.17, 15) is 13.2 Å². The van der Waals surface area contributed by atoms with Crippen LogP contribution in [0.15, 0.2) is 30.6 Å². The molecule has 0 unspecified atom stereocenters. The summed E-state index contributed by atoms with van der Waals surface area (Å²) in [6.45, 7) is 0.186. The first-order valence-electron chi connectivity index (χ1n) is 5.95. The summed E-state index contributed by atoms with van der Waals surface area (Å²) in [6, 6.07) is 3.58. The second kappa shape index (κ2) is 6.38. The number of nitrogens with one attached hydrogen (secondary N) is 1.